The topological polar surface area (TPSA) is 122 Å². The van der Waals surface area contributed by atoms with Gasteiger partial charge in [-0.15, -0.1) is 0 Å². The molecule has 0 saturated carbocycles. The summed E-state index contributed by atoms with van der Waals surface area (Å²) in [4.78, 5) is 18.6. The van der Waals surface area contributed by atoms with Crippen LogP contribution in [0, 0.1) is 0 Å². The monoisotopic (exact) mass is 1000 g/mol. The molecule has 0 radical (unpaired) electrons. The Morgan fingerprint density at radius 2 is 0.689 bits per heavy atom. The third kappa shape index (κ3) is 11.6. The molecule has 376 valence electrons. The molecule has 2 N–H and O–H groups in total. The van der Waals surface area contributed by atoms with Crippen LogP contribution in [-0.4, -0.2) is 75.0 Å². The number of fused-ring (bicyclic) bond motifs is 8. The smallest absolute Gasteiger partial charge is 0.494 e. The second kappa shape index (κ2) is 24.1. The number of aromatic nitrogens is 4. The van der Waals surface area contributed by atoms with Crippen LogP contribution in [0.25, 0.3) is 90.9 Å². The molecule has 11 nitrogen and oxygen atoms in total. The fraction of sp³-hybridized carbons (Fsp3) is 0.194. The van der Waals surface area contributed by atoms with Gasteiger partial charge in [-0.1, -0.05) is 86.5 Å². The maximum absolute atomic E-state index is 6.33. The molecule has 0 saturated heterocycles. The molecule has 3 aromatic heterocycles. The van der Waals surface area contributed by atoms with Crippen LogP contribution >= 0.6 is 0 Å². The third-order valence-corrected chi connectivity index (χ3v) is 15.6. The van der Waals surface area contributed by atoms with Gasteiger partial charge in [0.2, 0.25) is 0 Å². The zero-order chi connectivity index (χ0) is 51.3. The molecular formula is C62H62N4O7Si. The van der Waals surface area contributed by atoms with Crippen molar-refractivity contribution in [3.8, 4) is 67.5 Å². The van der Waals surface area contributed by atoms with Crippen LogP contribution in [0.5, 0.6) is 23.0 Å². The van der Waals surface area contributed by atoms with Gasteiger partial charge in [0.1, 0.15) is 42.8 Å². The van der Waals surface area contributed by atoms with Crippen molar-refractivity contribution in [1.29, 1.82) is 0 Å². The number of aromatic amines is 2. The maximum atomic E-state index is 6.33. The normalized spacial score (nSPS) is 11.9. The Bertz CT molecular complexity index is 3250. The van der Waals surface area contributed by atoms with Crippen LogP contribution < -0.4 is 18.9 Å². The fourth-order valence-corrected chi connectivity index (χ4v) is 11.8. The summed E-state index contributed by atoms with van der Waals surface area (Å²) in [7, 11) is -2.79. The lowest BCUT2D eigenvalue weighted by Gasteiger charge is -2.28. The second-order valence-electron chi connectivity index (χ2n) is 17.3. The SMILES string of the molecule is C=CCOc1ccc(-c2c3nc(c(-c4ccc(OCC=C)cc4)c4ccc([nH]4)c(-c4ccc(OCCC[Si](OCC)(OCC)OCC)cc4)c4nc(c(-c5ccc(OCC=C)cc5)c5ccc2[nH]5)C=C4)C=C3)cc1. The van der Waals surface area contributed by atoms with Crippen LogP contribution in [0.15, 0.2) is 159 Å². The van der Waals surface area contributed by atoms with E-state index in [0.29, 0.717) is 52.3 Å². The number of nitrogens with one attached hydrogen (secondary N) is 2. The molecular weight excluding hydrogens is 941 g/mol. The summed E-state index contributed by atoms with van der Waals surface area (Å²) in [5, 5.41) is 0. The van der Waals surface area contributed by atoms with E-state index < -0.39 is 8.80 Å². The van der Waals surface area contributed by atoms with E-state index in [-0.39, 0.29) is 0 Å². The highest BCUT2D eigenvalue weighted by molar-refractivity contribution is 6.60. The highest BCUT2D eigenvalue weighted by Gasteiger charge is 2.39. The van der Waals surface area contributed by atoms with E-state index in [1.54, 1.807) is 18.2 Å². The summed E-state index contributed by atoms with van der Waals surface area (Å²) in [5.41, 5.74) is 14.2. The third-order valence-electron chi connectivity index (χ3n) is 12.4. The Morgan fingerprint density at radius 1 is 0.405 bits per heavy atom. The van der Waals surface area contributed by atoms with Crippen molar-refractivity contribution < 1.29 is 32.2 Å². The number of rotatable bonds is 24. The number of hydrogen-bond acceptors (Lipinski definition) is 9. The molecule has 0 fully saturated rings. The van der Waals surface area contributed by atoms with E-state index in [4.69, 9.17) is 42.2 Å². The fourth-order valence-electron chi connectivity index (χ4n) is 9.24. The van der Waals surface area contributed by atoms with E-state index >= 15 is 0 Å². The summed E-state index contributed by atoms with van der Waals surface area (Å²) in [6, 6.07) is 41.7. The largest absolute Gasteiger partial charge is 0.501 e. The quantitative estimate of drug-likeness (QED) is 0.0346. The van der Waals surface area contributed by atoms with E-state index in [1.165, 1.54) is 0 Å². The van der Waals surface area contributed by atoms with Gasteiger partial charge in [0.05, 0.1) is 29.4 Å². The van der Waals surface area contributed by atoms with E-state index in [9.17, 15) is 0 Å². The van der Waals surface area contributed by atoms with Gasteiger partial charge in [-0.2, -0.15) is 0 Å². The first-order valence-electron chi connectivity index (χ1n) is 25.2. The number of ether oxygens (including phenoxy) is 4. The average molecular weight is 1000 g/mol. The minimum Gasteiger partial charge on any atom is -0.494 e. The first-order chi connectivity index (χ1) is 36.4. The van der Waals surface area contributed by atoms with Crippen LogP contribution in [-0.2, 0) is 13.3 Å². The van der Waals surface area contributed by atoms with Gasteiger partial charge in [-0.3, -0.25) is 0 Å². The molecule has 0 aliphatic carbocycles. The minimum absolute atomic E-state index is 0.406. The molecule has 2 aliphatic rings. The lowest BCUT2D eigenvalue weighted by molar-refractivity contribution is 0.0696. The highest BCUT2D eigenvalue weighted by Crippen LogP contribution is 2.40. The van der Waals surface area contributed by atoms with Crippen molar-refractivity contribution in [2.45, 2.75) is 33.2 Å². The Balaban J connectivity index is 1.24. The van der Waals surface area contributed by atoms with Crippen LogP contribution in [0.1, 0.15) is 50.0 Å². The van der Waals surface area contributed by atoms with Crippen molar-refractivity contribution in [1.82, 2.24) is 19.9 Å². The Hall–Kier alpha value is -8.00. The molecule has 5 heterocycles. The Morgan fingerprint density at radius 3 is 0.959 bits per heavy atom. The van der Waals surface area contributed by atoms with Gasteiger partial charge in [0, 0.05) is 70.2 Å². The zero-order valence-electron chi connectivity index (χ0n) is 42.3. The van der Waals surface area contributed by atoms with E-state index in [1.807, 2.05) is 69.3 Å². The van der Waals surface area contributed by atoms with Gasteiger partial charge >= 0.3 is 8.80 Å². The standard InChI is InChI=1S/C62H62N4O7Si/c1-7-38-67-47-22-14-43(15-23-47)59-51-30-32-53(63-51)60(44-16-24-48(25-17-44)68-39-8-2)55-34-36-57(65-55)62(46-20-28-50(29-21-46)70-41-13-42-74(71-10-4,72-11-5)73-12-6)58-37-35-56(66-58)61(54-33-31-52(59)64-54)45-18-26-49(27-19-45)69-40-9-3/h7-9,14-37,63,66H,1-3,10-13,38-42H2,4-6H3. The second-order valence-corrected chi connectivity index (χ2v) is 20.1. The first kappa shape index (κ1) is 50.9. The number of benzene rings is 4. The molecule has 0 spiro atoms. The molecule has 9 rings (SSSR count). The van der Waals surface area contributed by atoms with Crippen LogP contribution in [0.3, 0.4) is 0 Å². The van der Waals surface area contributed by atoms with Crippen molar-refractivity contribution in [3.63, 3.8) is 0 Å². The van der Waals surface area contributed by atoms with Crippen molar-refractivity contribution in [2.24, 2.45) is 0 Å². The van der Waals surface area contributed by atoms with Gasteiger partial charge in [0.25, 0.3) is 0 Å². The molecule has 0 amide bonds. The molecule has 74 heavy (non-hydrogen) atoms. The summed E-state index contributed by atoms with van der Waals surface area (Å²) < 4.78 is 42.3. The van der Waals surface area contributed by atoms with Crippen LogP contribution in [0.2, 0.25) is 6.04 Å². The Labute approximate surface area is 434 Å². The van der Waals surface area contributed by atoms with Crippen molar-refractivity contribution in [3.05, 3.63) is 182 Å². The average Bonchev–Trinajstić information content (AvgIpc) is 4.29. The predicted molar refractivity (Wildman–Crippen MR) is 303 cm³/mol. The number of nitrogens with zero attached hydrogens (tertiary/aromatic N) is 2. The molecule has 0 atom stereocenters. The van der Waals surface area contributed by atoms with Gasteiger partial charge in [-0.25, -0.2) is 9.97 Å². The lowest BCUT2D eigenvalue weighted by Crippen LogP contribution is -2.46. The molecule has 8 bridgehead atoms. The summed E-state index contributed by atoms with van der Waals surface area (Å²) in [6.07, 6.45) is 14.3. The summed E-state index contributed by atoms with van der Waals surface area (Å²) >= 11 is 0. The van der Waals surface area contributed by atoms with Crippen molar-refractivity contribution in [2.75, 3.05) is 46.2 Å². The summed E-state index contributed by atoms with van der Waals surface area (Å²) in [5.74, 6) is 2.99. The minimum atomic E-state index is -2.79. The highest BCUT2D eigenvalue weighted by atomic mass is 28.4. The molecule has 12 heteroatoms. The van der Waals surface area contributed by atoms with Crippen LogP contribution in [0.4, 0.5) is 0 Å². The Kier molecular flexibility index (Phi) is 16.6. The van der Waals surface area contributed by atoms with Gasteiger partial charge < -0.3 is 42.2 Å². The molecule has 4 aromatic carbocycles. The predicted octanol–water partition coefficient (Wildman–Crippen LogP) is 14.8. The van der Waals surface area contributed by atoms with Gasteiger partial charge in [-0.05, 0) is 147 Å². The molecule has 7 aromatic rings. The summed E-state index contributed by atoms with van der Waals surface area (Å²) in [6.45, 7) is 20.7. The van der Waals surface area contributed by atoms with E-state index in [2.05, 4.69) is 127 Å². The number of H-pyrrole nitrogens is 2. The maximum Gasteiger partial charge on any atom is 0.501 e. The molecule has 0 unspecified atom stereocenters. The molecule has 2 aliphatic heterocycles. The van der Waals surface area contributed by atoms with E-state index in [0.717, 1.165) is 119 Å². The zero-order valence-corrected chi connectivity index (χ0v) is 43.3. The lowest BCUT2D eigenvalue weighted by atomic mass is 10.0. The van der Waals surface area contributed by atoms with Crippen molar-refractivity contribution >= 4 is 55.2 Å². The first-order valence-corrected chi connectivity index (χ1v) is 27.1. The number of hydrogen-bond donors (Lipinski definition) is 2. The van der Waals surface area contributed by atoms with Gasteiger partial charge in [0.15, 0.2) is 0 Å².